The first-order valence-corrected chi connectivity index (χ1v) is 12.9. The van der Waals surface area contributed by atoms with E-state index in [0.717, 1.165) is 59.2 Å². The summed E-state index contributed by atoms with van der Waals surface area (Å²) < 4.78 is 3.79. The summed E-state index contributed by atoms with van der Waals surface area (Å²) in [6.07, 6.45) is 8.78. The maximum Gasteiger partial charge on any atom is 0.279 e. The van der Waals surface area contributed by atoms with Gasteiger partial charge < -0.3 is 9.55 Å². The lowest BCUT2D eigenvalue weighted by molar-refractivity contribution is 0.175. The van der Waals surface area contributed by atoms with Crippen LogP contribution in [0, 0.1) is 5.92 Å². The van der Waals surface area contributed by atoms with Crippen molar-refractivity contribution in [3.8, 4) is 5.69 Å². The van der Waals surface area contributed by atoms with Gasteiger partial charge in [-0.3, -0.25) is 14.3 Å². The summed E-state index contributed by atoms with van der Waals surface area (Å²) in [5.41, 5.74) is 5.21. The number of hydrogen-bond acceptors (Lipinski definition) is 4. The van der Waals surface area contributed by atoms with Crippen molar-refractivity contribution in [1.29, 1.82) is 0 Å². The molecular formula is C28H34N6O. The standard InChI is InChI=1S/C28H34N6O/c1-18-6-5-11-33(14-18)15-22-13-24-25(20-9-10-20)16-34(28(35)26(24)30-22)23-8-4-7-21(12-23)19(2)27-31-29-17-32(27)3/h4,7-8,12-13,16-20,30H,5-6,9-11,14-15H2,1-3H3/t18-,19?/m0/s1. The van der Waals surface area contributed by atoms with Crippen LogP contribution >= 0.6 is 0 Å². The first-order chi connectivity index (χ1) is 17.0. The number of nitrogens with zero attached hydrogens (tertiary/aromatic N) is 5. The Bertz CT molecular complexity index is 1420. The Morgan fingerprint density at radius 2 is 2.06 bits per heavy atom. The van der Waals surface area contributed by atoms with Crippen LogP contribution in [0.15, 0.2) is 47.7 Å². The zero-order valence-electron chi connectivity index (χ0n) is 20.9. The zero-order chi connectivity index (χ0) is 24.1. The summed E-state index contributed by atoms with van der Waals surface area (Å²) in [7, 11) is 1.96. The van der Waals surface area contributed by atoms with E-state index in [4.69, 9.17) is 0 Å². The molecule has 1 aromatic carbocycles. The molecule has 7 nitrogen and oxygen atoms in total. The second-order valence-corrected chi connectivity index (χ2v) is 10.7. The Labute approximate surface area is 205 Å². The molecule has 1 saturated heterocycles. The van der Waals surface area contributed by atoms with Crippen molar-refractivity contribution in [1.82, 2.24) is 29.2 Å². The van der Waals surface area contributed by atoms with Gasteiger partial charge in [-0.1, -0.05) is 26.0 Å². The van der Waals surface area contributed by atoms with Crippen molar-refractivity contribution in [2.45, 2.75) is 57.9 Å². The predicted octanol–water partition coefficient (Wildman–Crippen LogP) is 4.71. The van der Waals surface area contributed by atoms with Crippen LogP contribution in [0.4, 0.5) is 0 Å². The summed E-state index contributed by atoms with van der Waals surface area (Å²) in [5.74, 6) is 2.27. The quantitative estimate of drug-likeness (QED) is 0.443. The minimum absolute atomic E-state index is 0.0196. The number of fused-ring (bicyclic) bond motifs is 1. The Kier molecular flexibility index (Phi) is 5.60. The number of aryl methyl sites for hydroxylation is 1. The van der Waals surface area contributed by atoms with Crippen molar-refractivity contribution < 1.29 is 0 Å². The molecule has 2 fully saturated rings. The normalized spacial score (nSPS) is 19.9. The van der Waals surface area contributed by atoms with Gasteiger partial charge in [-0.25, -0.2) is 0 Å². The summed E-state index contributed by atoms with van der Waals surface area (Å²) >= 11 is 0. The van der Waals surface area contributed by atoms with Crippen LogP contribution in [0.2, 0.25) is 0 Å². The first kappa shape index (κ1) is 22.3. The van der Waals surface area contributed by atoms with E-state index in [9.17, 15) is 4.79 Å². The highest BCUT2D eigenvalue weighted by Gasteiger charge is 2.28. The van der Waals surface area contributed by atoms with Crippen molar-refractivity contribution in [2.75, 3.05) is 13.1 Å². The van der Waals surface area contributed by atoms with Crippen LogP contribution in [0.1, 0.15) is 74.0 Å². The fourth-order valence-corrected chi connectivity index (χ4v) is 5.74. The molecule has 0 radical (unpaired) electrons. The van der Waals surface area contributed by atoms with Crippen LogP contribution in [-0.4, -0.2) is 42.3 Å². The van der Waals surface area contributed by atoms with Gasteiger partial charge in [0.25, 0.3) is 5.56 Å². The van der Waals surface area contributed by atoms with Crippen LogP contribution in [0.3, 0.4) is 0 Å². The average molecular weight is 471 g/mol. The van der Waals surface area contributed by atoms with Crippen molar-refractivity contribution in [3.05, 3.63) is 75.9 Å². The number of aromatic nitrogens is 5. The molecule has 4 heterocycles. The molecule has 1 unspecified atom stereocenters. The highest BCUT2D eigenvalue weighted by Crippen LogP contribution is 2.43. The van der Waals surface area contributed by atoms with Gasteiger partial charge in [0.05, 0.1) is 0 Å². The van der Waals surface area contributed by atoms with Crippen LogP contribution in [0.5, 0.6) is 0 Å². The Balaban J connectivity index is 1.39. The van der Waals surface area contributed by atoms with Gasteiger partial charge in [0.2, 0.25) is 0 Å². The molecule has 1 aliphatic heterocycles. The number of rotatable bonds is 6. The number of benzene rings is 1. The summed E-state index contributed by atoms with van der Waals surface area (Å²) in [6, 6.07) is 10.5. The topological polar surface area (TPSA) is 71.7 Å². The van der Waals surface area contributed by atoms with Crippen molar-refractivity contribution >= 4 is 10.9 Å². The number of piperidine rings is 1. The SMILES string of the molecule is CC(c1cccc(-n2cc(C3CC3)c3cc(CN4CCC[C@H](C)C4)[nH]c3c2=O)c1)c1nncn1C. The predicted molar refractivity (Wildman–Crippen MR) is 138 cm³/mol. The smallest absolute Gasteiger partial charge is 0.279 e. The fraction of sp³-hybridized carbons (Fsp3) is 0.464. The molecule has 2 aliphatic rings. The maximum absolute atomic E-state index is 13.7. The van der Waals surface area contributed by atoms with Crippen molar-refractivity contribution in [2.24, 2.45) is 13.0 Å². The van der Waals surface area contributed by atoms with E-state index < -0.39 is 0 Å². The van der Waals surface area contributed by atoms with Gasteiger partial charge in [-0.05, 0) is 73.4 Å². The molecule has 1 aliphatic carbocycles. The van der Waals surface area contributed by atoms with Gasteiger partial charge in [0.1, 0.15) is 17.7 Å². The second-order valence-electron chi connectivity index (χ2n) is 10.7. The molecule has 3 aromatic heterocycles. The molecule has 0 bridgehead atoms. The molecule has 2 atom stereocenters. The van der Waals surface area contributed by atoms with E-state index in [1.165, 1.54) is 31.2 Å². The summed E-state index contributed by atoms with van der Waals surface area (Å²) in [5, 5.41) is 9.43. The number of nitrogens with one attached hydrogen (secondary N) is 1. The molecule has 1 saturated carbocycles. The van der Waals surface area contributed by atoms with Gasteiger partial charge in [-0.2, -0.15) is 0 Å². The Morgan fingerprint density at radius 3 is 2.80 bits per heavy atom. The second kappa shape index (κ2) is 8.79. The van der Waals surface area contributed by atoms with Crippen LogP contribution in [0.25, 0.3) is 16.6 Å². The molecule has 4 aromatic rings. The maximum atomic E-state index is 13.7. The van der Waals surface area contributed by atoms with Crippen LogP contribution in [-0.2, 0) is 13.6 Å². The third kappa shape index (κ3) is 4.22. The van der Waals surface area contributed by atoms with E-state index in [1.807, 2.05) is 28.3 Å². The van der Waals surface area contributed by atoms with Gasteiger partial charge in [0, 0.05) is 49.0 Å². The van der Waals surface area contributed by atoms with E-state index in [0.29, 0.717) is 5.92 Å². The van der Waals surface area contributed by atoms with Gasteiger partial charge in [-0.15, -0.1) is 10.2 Å². The largest absolute Gasteiger partial charge is 0.353 e. The minimum atomic E-state index is 0.0196. The molecule has 35 heavy (non-hydrogen) atoms. The minimum Gasteiger partial charge on any atom is -0.353 e. The average Bonchev–Trinajstić information content (AvgIpc) is 3.46. The zero-order valence-corrected chi connectivity index (χ0v) is 20.9. The number of likely N-dealkylation sites (tertiary alicyclic amines) is 1. The molecular weight excluding hydrogens is 436 g/mol. The molecule has 1 N–H and O–H groups in total. The number of aromatic amines is 1. The summed E-state index contributed by atoms with van der Waals surface area (Å²) in [4.78, 5) is 19.8. The lowest BCUT2D eigenvalue weighted by Gasteiger charge is -2.30. The van der Waals surface area contributed by atoms with E-state index in [2.05, 4.69) is 58.3 Å². The number of H-pyrrole nitrogens is 1. The molecule has 6 rings (SSSR count). The molecule has 7 heteroatoms. The van der Waals surface area contributed by atoms with E-state index >= 15 is 0 Å². The fourth-order valence-electron chi connectivity index (χ4n) is 5.74. The lowest BCUT2D eigenvalue weighted by Crippen LogP contribution is -2.33. The van der Waals surface area contributed by atoms with Crippen LogP contribution < -0.4 is 5.56 Å². The highest BCUT2D eigenvalue weighted by atomic mass is 16.1. The Hall–Kier alpha value is -3.19. The number of hydrogen-bond donors (Lipinski definition) is 1. The van der Waals surface area contributed by atoms with Crippen molar-refractivity contribution in [3.63, 3.8) is 0 Å². The van der Waals surface area contributed by atoms with E-state index in [-0.39, 0.29) is 11.5 Å². The molecule has 182 valence electrons. The first-order valence-electron chi connectivity index (χ1n) is 12.9. The summed E-state index contributed by atoms with van der Waals surface area (Å²) in [6.45, 7) is 7.61. The third-order valence-corrected chi connectivity index (χ3v) is 7.82. The third-order valence-electron chi connectivity index (χ3n) is 7.82. The van der Waals surface area contributed by atoms with E-state index in [1.54, 1.807) is 6.33 Å². The lowest BCUT2D eigenvalue weighted by atomic mass is 9.99. The van der Waals surface area contributed by atoms with Gasteiger partial charge >= 0.3 is 0 Å². The monoisotopic (exact) mass is 470 g/mol. The number of pyridine rings is 1. The Morgan fingerprint density at radius 1 is 1.20 bits per heavy atom. The van der Waals surface area contributed by atoms with Gasteiger partial charge in [0.15, 0.2) is 0 Å². The molecule has 0 amide bonds. The highest BCUT2D eigenvalue weighted by molar-refractivity contribution is 5.84. The molecule has 0 spiro atoms.